The molecule has 1 unspecified atom stereocenters. The molecule has 0 aromatic rings. The Labute approximate surface area is 84.9 Å². The van der Waals surface area contributed by atoms with Crippen molar-refractivity contribution in [2.45, 2.75) is 31.7 Å². The molecule has 0 heterocycles. The average molecular weight is 197 g/mol. The van der Waals surface area contributed by atoms with Gasteiger partial charge in [-0.05, 0) is 26.2 Å². The van der Waals surface area contributed by atoms with Gasteiger partial charge in [-0.15, -0.1) is 0 Å². The zero-order valence-electron chi connectivity index (χ0n) is 8.66. The Morgan fingerprint density at radius 3 is 2.71 bits per heavy atom. The molecule has 0 saturated carbocycles. The van der Waals surface area contributed by atoms with E-state index in [9.17, 15) is 0 Å². The van der Waals surface area contributed by atoms with Crippen molar-refractivity contribution < 1.29 is 10.2 Å². The van der Waals surface area contributed by atoms with Crippen molar-refractivity contribution in [1.29, 1.82) is 0 Å². The highest BCUT2D eigenvalue weighted by molar-refractivity contribution is 5.33. The Hall–Kier alpha value is -0.640. The van der Waals surface area contributed by atoms with Gasteiger partial charge in [-0.2, -0.15) is 0 Å². The van der Waals surface area contributed by atoms with Crippen LogP contribution in [0.5, 0.6) is 0 Å². The van der Waals surface area contributed by atoms with E-state index in [1.54, 1.807) is 0 Å². The molecule has 0 aliphatic heterocycles. The molecule has 0 spiro atoms. The van der Waals surface area contributed by atoms with Crippen LogP contribution in [0.1, 0.15) is 26.2 Å². The minimum Gasteiger partial charge on any atom is -0.396 e. The number of hydrogen-bond donors (Lipinski definition) is 3. The summed E-state index contributed by atoms with van der Waals surface area (Å²) in [6.07, 6.45) is 5.95. The van der Waals surface area contributed by atoms with Crippen LogP contribution in [0.3, 0.4) is 0 Å². The molecule has 0 amide bonds. The fraction of sp³-hybridized carbons (Fsp3) is 0.636. The van der Waals surface area contributed by atoms with E-state index in [1.807, 2.05) is 19.1 Å². The summed E-state index contributed by atoms with van der Waals surface area (Å²) in [7, 11) is 0. The van der Waals surface area contributed by atoms with Gasteiger partial charge in [0, 0.05) is 18.8 Å². The molecule has 0 radical (unpaired) electrons. The molecule has 0 fully saturated rings. The van der Waals surface area contributed by atoms with Crippen molar-refractivity contribution in [2.24, 2.45) is 5.73 Å². The first-order valence-corrected chi connectivity index (χ1v) is 5.00. The van der Waals surface area contributed by atoms with Gasteiger partial charge in [0.05, 0.1) is 0 Å². The minimum absolute atomic E-state index is 0.103. The fourth-order valence-corrected chi connectivity index (χ4v) is 1.80. The molecule has 80 valence electrons. The van der Waals surface area contributed by atoms with Crippen molar-refractivity contribution in [3.8, 4) is 0 Å². The summed E-state index contributed by atoms with van der Waals surface area (Å²) >= 11 is 0. The Kier molecular flexibility index (Phi) is 3.86. The van der Waals surface area contributed by atoms with Crippen molar-refractivity contribution in [1.82, 2.24) is 0 Å². The van der Waals surface area contributed by atoms with Crippen LogP contribution in [0.25, 0.3) is 0 Å². The number of aliphatic hydroxyl groups excluding tert-OH is 2. The Bertz CT molecular complexity index is 258. The Morgan fingerprint density at radius 1 is 1.43 bits per heavy atom. The summed E-state index contributed by atoms with van der Waals surface area (Å²) in [5, 5.41) is 17.8. The number of allylic oxidation sites excluding steroid dienone is 2. The van der Waals surface area contributed by atoms with Gasteiger partial charge in [0.1, 0.15) is 0 Å². The first-order chi connectivity index (χ1) is 6.61. The van der Waals surface area contributed by atoms with E-state index in [2.05, 4.69) is 0 Å². The van der Waals surface area contributed by atoms with E-state index in [-0.39, 0.29) is 13.2 Å². The van der Waals surface area contributed by atoms with Crippen LogP contribution in [0, 0.1) is 0 Å². The van der Waals surface area contributed by atoms with E-state index in [4.69, 9.17) is 15.9 Å². The summed E-state index contributed by atoms with van der Waals surface area (Å²) in [6.45, 7) is 2.29. The van der Waals surface area contributed by atoms with Crippen molar-refractivity contribution in [3.63, 3.8) is 0 Å². The predicted octanol–water partition coefficient (Wildman–Crippen LogP) is 0.725. The zero-order chi connectivity index (χ0) is 10.6. The summed E-state index contributed by atoms with van der Waals surface area (Å²) in [5.41, 5.74) is 8.06. The molecular weight excluding hydrogens is 178 g/mol. The van der Waals surface area contributed by atoms with Gasteiger partial charge in [0.15, 0.2) is 0 Å². The number of nitrogens with two attached hydrogens (primary N) is 1. The van der Waals surface area contributed by atoms with E-state index in [0.717, 1.165) is 6.42 Å². The van der Waals surface area contributed by atoms with Crippen LogP contribution in [0.15, 0.2) is 23.3 Å². The van der Waals surface area contributed by atoms with Crippen molar-refractivity contribution in [2.75, 3.05) is 13.2 Å². The maximum atomic E-state index is 8.89. The van der Waals surface area contributed by atoms with Gasteiger partial charge >= 0.3 is 0 Å². The van der Waals surface area contributed by atoms with Gasteiger partial charge < -0.3 is 15.9 Å². The lowest BCUT2D eigenvalue weighted by atomic mass is 9.81. The summed E-state index contributed by atoms with van der Waals surface area (Å²) in [5.74, 6) is 0. The fourth-order valence-electron chi connectivity index (χ4n) is 1.80. The van der Waals surface area contributed by atoms with Crippen molar-refractivity contribution >= 4 is 0 Å². The SMILES string of the molecule is CC1=C(CCO)CC(N)(CCO)C=C1. The molecule has 1 rings (SSSR count). The quantitative estimate of drug-likeness (QED) is 0.622. The molecule has 1 aliphatic rings. The lowest BCUT2D eigenvalue weighted by molar-refractivity contribution is 0.252. The third kappa shape index (κ3) is 2.67. The second kappa shape index (κ2) is 4.73. The zero-order valence-corrected chi connectivity index (χ0v) is 8.66. The van der Waals surface area contributed by atoms with Gasteiger partial charge in [0.25, 0.3) is 0 Å². The predicted molar refractivity (Wildman–Crippen MR) is 56.8 cm³/mol. The van der Waals surface area contributed by atoms with Crippen LogP contribution < -0.4 is 5.73 Å². The second-order valence-corrected chi connectivity index (χ2v) is 3.98. The lowest BCUT2D eigenvalue weighted by Gasteiger charge is -2.30. The third-order valence-corrected chi connectivity index (χ3v) is 2.76. The highest BCUT2D eigenvalue weighted by Gasteiger charge is 2.25. The number of aliphatic hydroxyl groups is 2. The van der Waals surface area contributed by atoms with E-state index in [0.29, 0.717) is 12.8 Å². The first kappa shape index (κ1) is 11.4. The molecule has 0 aromatic carbocycles. The number of rotatable bonds is 4. The molecule has 3 heteroatoms. The average Bonchev–Trinajstić information content (AvgIpc) is 2.13. The highest BCUT2D eigenvalue weighted by atomic mass is 16.3. The monoisotopic (exact) mass is 197 g/mol. The molecule has 0 bridgehead atoms. The smallest absolute Gasteiger partial charge is 0.0468 e. The van der Waals surface area contributed by atoms with Crippen LogP contribution in [0.4, 0.5) is 0 Å². The van der Waals surface area contributed by atoms with E-state index in [1.165, 1.54) is 11.1 Å². The Balaban J connectivity index is 2.72. The van der Waals surface area contributed by atoms with Crippen LogP contribution in [0.2, 0.25) is 0 Å². The molecular formula is C11H19NO2. The standard InChI is InChI=1S/C11H19NO2/c1-9-2-4-11(12,5-7-14)8-10(9)3-6-13/h2,4,13-14H,3,5-8,12H2,1H3. The molecule has 1 atom stereocenters. The molecule has 1 aliphatic carbocycles. The molecule has 0 aromatic heterocycles. The molecule has 3 nitrogen and oxygen atoms in total. The maximum Gasteiger partial charge on any atom is 0.0468 e. The first-order valence-electron chi connectivity index (χ1n) is 5.00. The lowest BCUT2D eigenvalue weighted by Crippen LogP contribution is -2.40. The maximum absolute atomic E-state index is 8.89. The molecule has 14 heavy (non-hydrogen) atoms. The summed E-state index contributed by atoms with van der Waals surface area (Å²) < 4.78 is 0. The number of hydrogen-bond acceptors (Lipinski definition) is 3. The van der Waals surface area contributed by atoms with Crippen LogP contribution in [-0.2, 0) is 0 Å². The van der Waals surface area contributed by atoms with Crippen molar-refractivity contribution in [3.05, 3.63) is 23.3 Å². The van der Waals surface area contributed by atoms with Gasteiger partial charge in [-0.25, -0.2) is 0 Å². The summed E-state index contributed by atoms with van der Waals surface area (Å²) in [4.78, 5) is 0. The minimum atomic E-state index is -0.418. The van der Waals surface area contributed by atoms with Crippen LogP contribution >= 0.6 is 0 Å². The third-order valence-electron chi connectivity index (χ3n) is 2.76. The normalized spacial score (nSPS) is 27.1. The Morgan fingerprint density at radius 2 is 2.14 bits per heavy atom. The molecule has 4 N–H and O–H groups in total. The van der Waals surface area contributed by atoms with Gasteiger partial charge in [-0.1, -0.05) is 23.3 Å². The second-order valence-electron chi connectivity index (χ2n) is 3.98. The summed E-state index contributed by atoms with van der Waals surface area (Å²) in [6, 6.07) is 0. The van der Waals surface area contributed by atoms with E-state index < -0.39 is 5.54 Å². The highest BCUT2D eigenvalue weighted by Crippen LogP contribution is 2.29. The van der Waals surface area contributed by atoms with E-state index >= 15 is 0 Å². The molecule has 0 saturated heterocycles. The topological polar surface area (TPSA) is 66.5 Å². The largest absolute Gasteiger partial charge is 0.396 e. The van der Waals surface area contributed by atoms with Crippen LogP contribution in [-0.4, -0.2) is 29.0 Å². The van der Waals surface area contributed by atoms with Gasteiger partial charge in [0.2, 0.25) is 0 Å². The van der Waals surface area contributed by atoms with Gasteiger partial charge in [-0.3, -0.25) is 0 Å².